The molecule has 1 aliphatic rings. The second-order valence-corrected chi connectivity index (χ2v) is 4.85. The van der Waals surface area contributed by atoms with Crippen molar-refractivity contribution >= 4 is 17.3 Å². The van der Waals surface area contributed by atoms with E-state index in [0.29, 0.717) is 25.4 Å². The molecular weight excluding hydrogens is 258 g/mol. The Morgan fingerprint density at radius 3 is 3.15 bits per heavy atom. The summed E-state index contributed by atoms with van der Waals surface area (Å²) in [6.07, 6.45) is 0.0241. The third-order valence-corrected chi connectivity index (χ3v) is 3.11. The molecule has 0 aliphatic carbocycles. The first kappa shape index (κ1) is 14.5. The van der Waals surface area contributed by atoms with Crippen molar-refractivity contribution in [1.29, 1.82) is 0 Å². The number of fused-ring (bicyclic) bond motifs is 1. The van der Waals surface area contributed by atoms with Gasteiger partial charge in [-0.1, -0.05) is 6.07 Å². The second-order valence-electron chi connectivity index (χ2n) is 4.85. The number of methoxy groups -OCH3 is 1. The Labute approximate surface area is 118 Å². The summed E-state index contributed by atoms with van der Waals surface area (Å²) < 4.78 is 10.7. The van der Waals surface area contributed by atoms with Gasteiger partial charge in [0.25, 0.3) is 0 Å². The van der Waals surface area contributed by atoms with Crippen LogP contribution in [0.5, 0.6) is 5.75 Å². The summed E-state index contributed by atoms with van der Waals surface area (Å²) in [5.74, 6) is 0.679. The number of hydrogen-bond acceptors (Lipinski definition) is 5. The van der Waals surface area contributed by atoms with Crippen LogP contribution in [0.15, 0.2) is 18.2 Å². The molecule has 20 heavy (non-hydrogen) atoms. The molecule has 6 nitrogen and oxygen atoms in total. The van der Waals surface area contributed by atoms with Gasteiger partial charge < -0.3 is 25.4 Å². The number of nitrogens with two attached hydrogens (primary N) is 1. The number of benzene rings is 1. The highest BCUT2D eigenvalue weighted by Gasteiger charge is 2.26. The highest BCUT2D eigenvalue weighted by Crippen LogP contribution is 2.37. The van der Waals surface area contributed by atoms with Gasteiger partial charge in [-0.25, -0.2) is 0 Å². The molecule has 2 rings (SSSR count). The fraction of sp³-hybridized carbons (Fsp3) is 0.500. The topological polar surface area (TPSA) is 76.8 Å². The van der Waals surface area contributed by atoms with E-state index in [-0.39, 0.29) is 18.6 Å². The summed E-state index contributed by atoms with van der Waals surface area (Å²) in [5, 5.41) is 2.81. The molecule has 1 amide bonds. The van der Waals surface area contributed by atoms with Gasteiger partial charge in [0.2, 0.25) is 5.91 Å². The summed E-state index contributed by atoms with van der Waals surface area (Å²) >= 11 is 0. The molecule has 6 heteroatoms. The minimum atomic E-state index is -0.0506. The van der Waals surface area contributed by atoms with E-state index < -0.39 is 0 Å². The van der Waals surface area contributed by atoms with Gasteiger partial charge >= 0.3 is 0 Å². The van der Waals surface area contributed by atoms with Crippen molar-refractivity contribution < 1.29 is 14.3 Å². The SMILES string of the molecule is COCCNC(=O)CN1CC(C)Oc2cccc(N)c21. The fourth-order valence-corrected chi connectivity index (χ4v) is 2.29. The van der Waals surface area contributed by atoms with Crippen LogP contribution in [0.4, 0.5) is 11.4 Å². The highest BCUT2D eigenvalue weighted by atomic mass is 16.5. The monoisotopic (exact) mass is 279 g/mol. The number of nitrogen functional groups attached to an aromatic ring is 1. The molecule has 1 aromatic carbocycles. The second kappa shape index (κ2) is 6.47. The van der Waals surface area contributed by atoms with E-state index in [2.05, 4.69) is 5.32 Å². The Hall–Kier alpha value is -1.95. The molecule has 1 aromatic rings. The first-order chi connectivity index (χ1) is 9.61. The largest absolute Gasteiger partial charge is 0.487 e. The van der Waals surface area contributed by atoms with Gasteiger partial charge in [0.05, 0.1) is 25.4 Å². The fourth-order valence-electron chi connectivity index (χ4n) is 2.29. The van der Waals surface area contributed by atoms with Crippen molar-refractivity contribution in [1.82, 2.24) is 5.32 Å². The number of hydrogen-bond donors (Lipinski definition) is 2. The molecule has 0 bridgehead atoms. The van der Waals surface area contributed by atoms with Crippen LogP contribution in [-0.2, 0) is 9.53 Å². The minimum absolute atomic E-state index is 0.0241. The van der Waals surface area contributed by atoms with E-state index in [0.717, 1.165) is 11.4 Å². The molecular formula is C14H21N3O3. The summed E-state index contributed by atoms with van der Waals surface area (Å²) in [6.45, 7) is 3.88. The standard InChI is InChI=1S/C14H21N3O3/c1-10-8-17(9-13(18)16-6-7-19-2)14-11(15)4-3-5-12(14)20-10/h3-5,10H,6-9,15H2,1-2H3,(H,16,18). The van der Waals surface area contributed by atoms with Crippen LogP contribution >= 0.6 is 0 Å². The molecule has 110 valence electrons. The zero-order valence-corrected chi connectivity index (χ0v) is 11.9. The maximum Gasteiger partial charge on any atom is 0.239 e. The molecule has 1 unspecified atom stereocenters. The van der Waals surface area contributed by atoms with Crippen molar-refractivity contribution in [2.24, 2.45) is 0 Å². The van der Waals surface area contributed by atoms with Gasteiger partial charge in [-0.3, -0.25) is 4.79 Å². The van der Waals surface area contributed by atoms with Crippen LogP contribution in [0.1, 0.15) is 6.92 Å². The van der Waals surface area contributed by atoms with Gasteiger partial charge in [0, 0.05) is 13.7 Å². The van der Waals surface area contributed by atoms with E-state index >= 15 is 0 Å². The maximum absolute atomic E-state index is 11.9. The van der Waals surface area contributed by atoms with Crippen LogP contribution in [0.25, 0.3) is 0 Å². The van der Waals surface area contributed by atoms with Crippen molar-refractivity contribution in [3.8, 4) is 5.75 Å². The highest BCUT2D eigenvalue weighted by molar-refractivity contribution is 5.85. The number of para-hydroxylation sites is 1. The van der Waals surface area contributed by atoms with Crippen molar-refractivity contribution in [3.63, 3.8) is 0 Å². The predicted octanol–water partition coefficient (Wildman–Crippen LogP) is 0.619. The molecule has 1 aliphatic heterocycles. The molecule has 0 saturated carbocycles. The third-order valence-electron chi connectivity index (χ3n) is 3.11. The number of carbonyl (C=O) groups excluding carboxylic acids is 1. The van der Waals surface area contributed by atoms with Gasteiger partial charge in [0.15, 0.2) is 0 Å². The molecule has 3 N–H and O–H groups in total. The van der Waals surface area contributed by atoms with Crippen molar-refractivity contribution in [2.45, 2.75) is 13.0 Å². The summed E-state index contributed by atoms with van der Waals surface area (Å²) in [5.41, 5.74) is 7.42. The van der Waals surface area contributed by atoms with Crippen LogP contribution in [0, 0.1) is 0 Å². The van der Waals surface area contributed by atoms with E-state index in [9.17, 15) is 4.79 Å². The Morgan fingerprint density at radius 2 is 2.40 bits per heavy atom. The average Bonchev–Trinajstić information content (AvgIpc) is 2.38. The lowest BCUT2D eigenvalue weighted by molar-refractivity contribution is -0.120. The smallest absolute Gasteiger partial charge is 0.239 e. The van der Waals surface area contributed by atoms with Crippen LogP contribution in [0.2, 0.25) is 0 Å². The lowest BCUT2D eigenvalue weighted by Gasteiger charge is -2.35. The molecule has 0 aromatic heterocycles. The number of anilines is 2. The number of ether oxygens (including phenoxy) is 2. The first-order valence-electron chi connectivity index (χ1n) is 6.67. The number of nitrogens with one attached hydrogen (secondary N) is 1. The Kier molecular flexibility index (Phi) is 4.68. The van der Waals surface area contributed by atoms with Gasteiger partial charge in [-0.15, -0.1) is 0 Å². The van der Waals surface area contributed by atoms with E-state index in [1.807, 2.05) is 30.0 Å². The van der Waals surface area contributed by atoms with Gasteiger partial charge in [-0.2, -0.15) is 0 Å². The van der Waals surface area contributed by atoms with Gasteiger partial charge in [-0.05, 0) is 19.1 Å². The zero-order chi connectivity index (χ0) is 14.5. The summed E-state index contributed by atoms with van der Waals surface area (Å²) in [6, 6.07) is 5.54. The van der Waals surface area contributed by atoms with Crippen molar-refractivity contribution in [3.05, 3.63) is 18.2 Å². The third kappa shape index (κ3) is 3.33. The van der Waals surface area contributed by atoms with Crippen LogP contribution < -0.4 is 20.7 Å². The lowest BCUT2D eigenvalue weighted by Crippen LogP contribution is -2.45. The molecule has 0 radical (unpaired) electrons. The molecule has 0 fully saturated rings. The van der Waals surface area contributed by atoms with Gasteiger partial charge in [0.1, 0.15) is 17.5 Å². The molecule has 1 atom stereocenters. The first-order valence-corrected chi connectivity index (χ1v) is 6.67. The number of nitrogens with zero attached hydrogens (tertiary/aromatic N) is 1. The number of amides is 1. The maximum atomic E-state index is 11.9. The Bertz CT molecular complexity index is 479. The lowest BCUT2D eigenvalue weighted by atomic mass is 10.1. The zero-order valence-electron chi connectivity index (χ0n) is 11.9. The van der Waals surface area contributed by atoms with E-state index in [4.69, 9.17) is 15.2 Å². The van der Waals surface area contributed by atoms with E-state index in [1.165, 1.54) is 0 Å². The summed E-state index contributed by atoms with van der Waals surface area (Å²) in [4.78, 5) is 13.9. The quantitative estimate of drug-likeness (QED) is 0.610. The molecule has 0 saturated heterocycles. The van der Waals surface area contributed by atoms with E-state index in [1.54, 1.807) is 7.11 Å². The minimum Gasteiger partial charge on any atom is -0.487 e. The number of rotatable bonds is 5. The normalized spacial score (nSPS) is 17.3. The number of carbonyl (C=O) groups is 1. The Balaban J connectivity index is 2.07. The Morgan fingerprint density at radius 1 is 1.60 bits per heavy atom. The molecule has 0 spiro atoms. The predicted molar refractivity (Wildman–Crippen MR) is 78.0 cm³/mol. The van der Waals surface area contributed by atoms with Crippen molar-refractivity contribution in [2.75, 3.05) is 44.0 Å². The van der Waals surface area contributed by atoms with Crippen LogP contribution in [0.3, 0.4) is 0 Å². The average molecular weight is 279 g/mol. The summed E-state index contributed by atoms with van der Waals surface area (Å²) in [7, 11) is 1.60. The molecule has 1 heterocycles. The van der Waals surface area contributed by atoms with Crippen LogP contribution in [-0.4, -0.2) is 45.4 Å².